The predicted molar refractivity (Wildman–Crippen MR) is 97.3 cm³/mol. The molecule has 5 nitrogen and oxygen atoms in total. The van der Waals surface area contributed by atoms with E-state index in [-0.39, 0.29) is 17.7 Å². The maximum Gasteiger partial charge on any atom is 0.237 e. The van der Waals surface area contributed by atoms with Gasteiger partial charge in [-0.2, -0.15) is 4.98 Å². The van der Waals surface area contributed by atoms with Gasteiger partial charge in [-0.25, -0.2) is 4.98 Å². The molecule has 2 aromatic rings. The van der Waals surface area contributed by atoms with E-state index in [0.717, 1.165) is 42.2 Å². The molecule has 1 aromatic heterocycles. The number of hydrogen-bond acceptors (Lipinski definition) is 4. The van der Waals surface area contributed by atoms with Crippen LogP contribution in [-0.4, -0.2) is 39.7 Å². The van der Waals surface area contributed by atoms with E-state index >= 15 is 0 Å². The molecular formula is C19H22ClN3O2. The predicted octanol–water partition coefficient (Wildman–Crippen LogP) is 3.83. The molecule has 1 saturated heterocycles. The summed E-state index contributed by atoms with van der Waals surface area (Å²) in [6.45, 7) is 5.29. The van der Waals surface area contributed by atoms with Crippen LogP contribution in [0.4, 0.5) is 0 Å². The Morgan fingerprint density at radius 1 is 1.32 bits per heavy atom. The third kappa shape index (κ3) is 4.28. The highest BCUT2D eigenvalue weighted by Gasteiger charge is 2.26. The number of piperidine rings is 1. The molecule has 1 aliphatic rings. The van der Waals surface area contributed by atoms with E-state index < -0.39 is 0 Å². The van der Waals surface area contributed by atoms with Crippen LogP contribution < -0.4 is 4.74 Å². The summed E-state index contributed by atoms with van der Waals surface area (Å²) in [5.74, 6) is 2.15. The Balaban J connectivity index is 1.82. The highest BCUT2D eigenvalue weighted by molar-refractivity contribution is 6.27. The van der Waals surface area contributed by atoms with Crippen LogP contribution in [0, 0.1) is 13.8 Å². The lowest BCUT2D eigenvalue weighted by Gasteiger charge is -2.31. The van der Waals surface area contributed by atoms with E-state index in [1.54, 1.807) is 4.90 Å². The lowest BCUT2D eigenvalue weighted by molar-refractivity contribution is -0.129. The monoisotopic (exact) mass is 359 g/mol. The Morgan fingerprint density at radius 2 is 2.12 bits per heavy atom. The standard InChI is InChI=1S/C19H22ClN3O2/c1-13-6-3-4-8-16(13)25-17-10-14(2)21-19(22-17)15-7-5-9-23(12-15)18(24)11-20/h3-4,6,8,10,15H,5,7,9,11-12H2,1-2H3. The fourth-order valence-corrected chi connectivity index (χ4v) is 3.25. The number of rotatable bonds is 4. The normalized spacial score (nSPS) is 17.4. The van der Waals surface area contributed by atoms with Crippen LogP contribution in [0.1, 0.15) is 35.8 Å². The van der Waals surface area contributed by atoms with Crippen molar-refractivity contribution >= 4 is 17.5 Å². The summed E-state index contributed by atoms with van der Waals surface area (Å²) in [6.07, 6.45) is 1.89. The number of likely N-dealkylation sites (tertiary alicyclic amines) is 1. The van der Waals surface area contributed by atoms with Crippen molar-refractivity contribution < 1.29 is 9.53 Å². The van der Waals surface area contributed by atoms with Crippen molar-refractivity contribution in [1.29, 1.82) is 0 Å². The molecule has 1 atom stereocenters. The van der Waals surface area contributed by atoms with Gasteiger partial charge in [-0.3, -0.25) is 4.79 Å². The molecule has 0 radical (unpaired) electrons. The molecule has 25 heavy (non-hydrogen) atoms. The fraction of sp³-hybridized carbons (Fsp3) is 0.421. The molecule has 1 unspecified atom stereocenters. The Hall–Kier alpha value is -2.14. The van der Waals surface area contributed by atoms with Crippen LogP contribution in [0.5, 0.6) is 11.6 Å². The summed E-state index contributed by atoms with van der Waals surface area (Å²) in [6, 6.07) is 9.67. The van der Waals surface area contributed by atoms with E-state index in [1.165, 1.54) is 0 Å². The zero-order valence-electron chi connectivity index (χ0n) is 14.5. The van der Waals surface area contributed by atoms with Gasteiger partial charge in [0.05, 0.1) is 0 Å². The lowest BCUT2D eigenvalue weighted by Crippen LogP contribution is -2.40. The van der Waals surface area contributed by atoms with Gasteiger partial charge in [-0.1, -0.05) is 18.2 Å². The second kappa shape index (κ2) is 7.83. The number of benzene rings is 1. The molecular weight excluding hydrogens is 338 g/mol. The summed E-state index contributed by atoms with van der Waals surface area (Å²) < 4.78 is 5.96. The maximum atomic E-state index is 11.9. The zero-order valence-corrected chi connectivity index (χ0v) is 15.3. The topological polar surface area (TPSA) is 55.3 Å². The molecule has 0 saturated carbocycles. The van der Waals surface area contributed by atoms with Crippen molar-refractivity contribution in [3.05, 3.63) is 47.4 Å². The average Bonchev–Trinajstić information content (AvgIpc) is 2.62. The van der Waals surface area contributed by atoms with Crippen molar-refractivity contribution in [2.75, 3.05) is 19.0 Å². The number of amides is 1. The minimum Gasteiger partial charge on any atom is -0.439 e. The van der Waals surface area contributed by atoms with E-state index in [4.69, 9.17) is 16.3 Å². The molecule has 3 rings (SSSR count). The minimum absolute atomic E-state index is 0.0169. The molecule has 2 heterocycles. The van der Waals surface area contributed by atoms with Crippen molar-refractivity contribution in [1.82, 2.24) is 14.9 Å². The number of alkyl halides is 1. The zero-order chi connectivity index (χ0) is 17.8. The largest absolute Gasteiger partial charge is 0.439 e. The van der Waals surface area contributed by atoms with Crippen molar-refractivity contribution in [2.45, 2.75) is 32.6 Å². The fourth-order valence-electron chi connectivity index (χ4n) is 3.08. The van der Waals surface area contributed by atoms with Gasteiger partial charge in [0, 0.05) is 30.8 Å². The first kappa shape index (κ1) is 17.7. The highest BCUT2D eigenvalue weighted by atomic mass is 35.5. The second-order valence-corrected chi connectivity index (χ2v) is 6.65. The first-order valence-corrected chi connectivity index (χ1v) is 9.03. The van der Waals surface area contributed by atoms with Gasteiger partial charge in [-0.05, 0) is 38.3 Å². The quantitative estimate of drug-likeness (QED) is 0.778. The minimum atomic E-state index is -0.0320. The lowest BCUT2D eigenvalue weighted by atomic mass is 9.97. The van der Waals surface area contributed by atoms with Crippen LogP contribution >= 0.6 is 11.6 Å². The van der Waals surface area contributed by atoms with Gasteiger partial charge >= 0.3 is 0 Å². The Kier molecular flexibility index (Phi) is 5.53. The van der Waals surface area contributed by atoms with Crippen LogP contribution in [0.3, 0.4) is 0 Å². The van der Waals surface area contributed by atoms with E-state index in [2.05, 4.69) is 9.97 Å². The molecule has 0 aliphatic carbocycles. The number of hydrogen-bond donors (Lipinski definition) is 0. The van der Waals surface area contributed by atoms with Gasteiger partial charge in [0.25, 0.3) is 0 Å². The highest BCUT2D eigenvalue weighted by Crippen LogP contribution is 2.28. The molecule has 1 aromatic carbocycles. The molecule has 0 N–H and O–H groups in total. The van der Waals surface area contributed by atoms with Crippen molar-refractivity contribution in [3.8, 4) is 11.6 Å². The number of carbonyl (C=O) groups excluding carboxylic acids is 1. The van der Waals surface area contributed by atoms with Gasteiger partial charge in [0.1, 0.15) is 17.5 Å². The smallest absolute Gasteiger partial charge is 0.237 e. The molecule has 132 valence electrons. The van der Waals surface area contributed by atoms with E-state index in [1.807, 2.05) is 44.2 Å². The van der Waals surface area contributed by atoms with Crippen LogP contribution in [0.2, 0.25) is 0 Å². The summed E-state index contributed by atoms with van der Waals surface area (Å²) in [5.41, 5.74) is 1.91. The summed E-state index contributed by atoms with van der Waals surface area (Å²) in [5, 5.41) is 0. The number of carbonyl (C=O) groups is 1. The molecule has 0 spiro atoms. The average molecular weight is 360 g/mol. The molecule has 6 heteroatoms. The SMILES string of the molecule is Cc1cc(Oc2ccccc2C)nc(C2CCCN(C(=O)CCl)C2)n1. The van der Waals surface area contributed by atoms with Gasteiger partial charge in [-0.15, -0.1) is 11.6 Å². The van der Waals surface area contributed by atoms with E-state index in [9.17, 15) is 4.79 Å². The molecule has 1 aliphatic heterocycles. The summed E-state index contributed by atoms with van der Waals surface area (Å²) in [4.78, 5) is 22.9. The number of para-hydroxylation sites is 1. The maximum absolute atomic E-state index is 11.9. The Morgan fingerprint density at radius 3 is 2.88 bits per heavy atom. The number of halogens is 1. The first-order valence-electron chi connectivity index (χ1n) is 8.49. The summed E-state index contributed by atoms with van der Waals surface area (Å²) >= 11 is 5.69. The van der Waals surface area contributed by atoms with Crippen molar-refractivity contribution in [3.63, 3.8) is 0 Å². The number of ether oxygens (including phenoxy) is 1. The van der Waals surface area contributed by atoms with Crippen LogP contribution in [-0.2, 0) is 4.79 Å². The second-order valence-electron chi connectivity index (χ2n) is 6.39. The van der Waals surface area contributed by atoms with Gasteiger partial charge in [0.2, 0.25) is 11.8 Å². The van der Waals surface area contributed by atoms with Gasteiger partial charge < -0.3 is 9.64 Å². The van der Waals surface area contributed by atoms with Crippen LogP contribution in [0.15, 0.2) is 30.3 Å². The van der Waals surface area contributed by atoms with Gasteiger partial charge in [0.15, 0.2) is 0 Å². The Labute approximate surface area is 153 Å². The number of aromatic nitrogens is 2. The van der Waals surface area contributed by atoms with E-state index in [0.29, 0.717) is 12.4 Å². The Bertz CT molecular complexity index is 766. The third-order valence-electron chi connectivity index (χ3n) is 4.41. The molecule has 0 bridgehead atoms. The summed E-state index contributed by atoms with van der Waals surface area (Å²) in [7, 11) is 0. The number of aryl methyl sites for hydroxylation is 2. The van der Waals surface area contributed by atoms with Crippen molar-refractivity contribution in [2.24, 2.45) is 0 Å². The third-order valence-corrected chi connectivity index (χ3v) is 4.64. The molecule has 1 amide bonds. The molecule has 1 fully saturated rings. The van der Waals surface area contributed by atoms with Crippen LogP contribution in [0.25, 0.3) is 0 Å². The first-order chi connectivity index (χ1) is 12.1. The number of nitrogens with zero attached hydrogens (tertiary/aromatic N) is 3.